The number of carbonyl (C=O) groups excluding carboxylic acids is 1. The molecule has 0 bridgehead atoms. The molecule has 0 saturated heterocycles. The van der Waals surface area contributed by atoms with Crippen molar-refractivity contribution < 1.29 is 19.0 Å². The first-order valence-corrected chi connectivity index (χ1v) is 9.98. The summed E-state index contributed by atoms with van der Waals surface area (Å²) in [6.07, 6.45) is 3.64. The summed E-state index contributed by atoms with van der Waals surface area (Å²) in [5, 5.41) is 10.9. The van der Waals surface area contributed by atoms with E-state index in [1.807, 2.05) is 24.3 Å². The number of carbonyl (C=O) groups is 1. The quantitative estimate of drug-likeness (QED) is 0.292. The van der Waals surface area contributed by atoms with Crippen LogP contribution in [0.2, 0.25) is 0 Å². The van der Waals surface area contributed by atoms with Gasteiger partial charge in [-0.15, -0.1) is 0 Å². The van der Waals surface area contributed by atoms with E-state index in [0.29, 0.717) is 29.5 Å². The third kappa shape index (κ3) is 5.85. The normalized spacial score (nSPS) is 10.8. The van der Waals surface area contributed by atoms with Crippen LogP contribution in [0, 0.1) is 0 Å². The van der Waals surface area contributed by atoms with E-state index >= 15 is 0 Å². The zero-order valence-corrected chi connectivity index (χ0v) is 17.8. The number of unbranched alkanes of at least 4 members (excludes halogenated alkanes) is 1. The topological polar surface area (TPSA) is 97.8 Å². The van der Waals surface area contributed by atoms with E-state index in [0.717, 1.165) is 29.7 Å². The second-order valence-electron chi connectivity index (χ2n) is 6.71. The lowest BCUT2D eigenvalue weighted by Gasteiger charge is -2.07. The number of ether oxygens (including phenoxy) is 3. The van der Waals surface area contributed by atoms with Gasteiger partial charge in [0.15, 0.2) is 11.5 Å². The van der Waals surface area contributed by atoms with Crippen LogP contribution in [0.15, 0.2) is 53.6 Å². The molecule has 0 aliphatic carbocycles. The van der Waals surface area contributed by atoms with Crippen molar-refractivity contribution in [3.63, 3.8) is 0 Å². The second-order valence-corrected chi connectivity index (χ2v) is 6.71. The van der Waals surface area contributed by atoms with Crippen LogP contribution in [0.5, 0.6) is 17.2 Å². The van der Waals surface area contributed by atoms with Gasteiger partial charge in [0.2, 0.25) is 0 Å². The number of methoxy groups -OCH3 is 2. The number of hydrazone groups is 1. The molecule has 31 heavy (non-hydrogen) atoms. The van der Waals surface area contributed by atoms with Crippen molar-refractivity contribution >= 4 is 12.1 Å². The van der Waals surface area contributed by atoms with Crippen LogP contribution in [0.4, 0.5) is 0 Å². The van der Waals surface area contributed by atoms with Gasteiger partial charge in [-0.25, -0.2) is 5.43 Å². The minimum atomic E-state index is -0.394. The Kier molecular flexibility index (Phi) is 7.64. The SMILES string of the molecule is CCCCOc1ccc(-c2cc(C(=O)NN=Cc3ccc(OC)c(OC)c3)[nH]n2)cc1. The molecule has 2 N–H and O–H groups in total. The summed E-state index contributed by atoms with van der Waals surface area (Å²) in [4.78, 5) is 12.3. The van der Waals surface area contributed by atoms with Gasteiger partial charge in [0, 0.05) is 5.56 Å². The van der Waals surface area contributed by atoms with E-state index in [2.05, 4.69) is 27.6 Å². The number of H-pyrrole nitrogens is 1. The second kappa shape index (κ2) is 10.8. The summed E-state index contributed by atoms with van der Waals surface area (Å²) in [7, 11) is 3.13. The number of hydrogen-bond acceptors (Lipinski definition) is 6. The lowest BCUT2D eigenvalue weighted by Crippen LogP contribution is -2.18. The number of nitrogens with one attached hydrogen (secondary N) is 2. The van der Waals surface area contributed by atoms with E-state index in [4.69, 9.17) is 14.2 Å². The predicted molar refractivity (Wildman–Crippen MR) is 119 cm³/mol. The summed E-state index contributed by atoms with van der Waals surface area (Å²) < 4.78 is 16.1. The molecule has 0 fully saturated rings. The highest BCUT2D eigenvalue weighted by atomic mass is 16.5. The lowest BCUT2D eigenvalue weighted by atomic mass is 10.1. The van der Waals surface area contributed by atoms with Crippen molar-refractivity contribution in [2.45, 2.75) is 19.8 Å². The molecule has 3 aromatic rings. The summed E-state index contributed by atoms with van der Waals surface area (Å²) >= 11 is 0. The van der Waals surface area contributed by atoms with Crippen LogP contribution in [0.1, 0.15) is 35.8 Å². The Balaban J connectivity index is 1.59. The fourth-order valence-electron chi connectivity index (χ4n) is 2.80. The van der Waals surface area contributed by atoms with E-state index in [-0.39, 0.29) is 0 Å². The third-order valence-electron chi connectivity index (χ3n) is 4.53. The van der Waals surface area contributed by atoms with Gasteiger partial charge in [-0.2, -0.15) is 10.2 Å². The zero-order valence-electron chi connectivity index (χ0n) is 17.8. The van der Waals surface area contributed by atoms with Crippen LogP contribution in [0.3, 0.4) is 0 Å². The first-order chi connectivity index (χ1) is 15.1. The Bertz CT molecular complexity index is 1030. The van der Waals surface area contributed by atoms with E-state index in [1.165, 1.54) is 6.21 Å². The van der Waals surface area contributed by atoms with E-state index in [9.17, 15) is 4.79 Å². The van der Waals surface area contributed by atoms with Crippen LogP contribution >= 0.6 is 0 Å². The summed E-state index contributed by atoms with van der Waals surface area (Å²) in [5.41, 5.74) is 5.09. The Hall–Kier alpha value is -3.81. The summed E-state index contributed by atoms with van der Waals surface area (Å²) in [6.45, 7) is 2.83. The molecule has 8 heteroatoms. The maximum Gasteiger partial charge on any atom is 0.289 e. The van der Waals surface area contributed by atoms with Gasteiger partial charge in [0.1, 0.15) is 11.4 Å². The van der Waals surface area contributed by atoms with Crippen LogP contribution in [-0.4, -0.2) is 43.1 Å². The van der Waals surface area contributed by atoms with Gasteiger partial charge in [-0.05, 0) is 60.5 Å². The highest BCUT2D eigenvalue weighted by Gasteiger charge is 2.11. The Morgan fingerprint density at radius 2 is 1.87 bits per heavy atom. The highest BCUT2D eigenvalue weighted by molar-refractivity contribution is 5.94. The molecule has 3 rings (SSSR count). The maximum atomic E-state index is 12.3. The smallest absolute Gasteiger partial charge is 0.289 e. The first kappa shape index (κ1) is 21.9. The molecule has 8 nitrogen and oxygen atoms in total. The molecule has 0 atom stereocenters. The Labute approximate surface area is 181 Å². The molecule has 0 saturated carbocycles. The number of hydrogen-bond donors (Lipinski definition) is 2. The van der Waals surface area contributed by atoms with Gasteiger partial charge in [-0.1, -0.05) is 13.3 Å². The average molecular weight is 422 g/mol. The largest absolute Gasteiger partial charge is 0.494 e. The minimum Gasteiger partial charge on any atom is -0.494 e. The molecular weight excluding hydrogens is 396 g/mol. The van der Waals surface area contributed by atoms with Crippen molar-refractivity contribution in [1.29, 1.82) is 0 Å². The van der Waals surface area contributed by atoms with E-state index in [1.54, 1.807) is 38.5 Å². The molecule has 0 aliphatic heterocycles. The third-order valence-corrected chi connectivity index (χ3v) is 4.53. The number of amides is 1. The number of nitrogens with zero attached hydrogens (tertiary/aromatic N) is 2. The number of rotatable bonds is 10. The first-order valence-electron chi connectivity index (χ1n) is 9.98. The molecule has 0 unspecified atom stereocenters. The van der Waals surface area contributed by atoms with Gasteiger partial charge >= 0.3 is 0 Å². The van der Waals surface area contributed by atoms with Gasteiger partial charge in [0.05, 0.1) is 32.7 Å². The molecule has 2 aromatic carbocycles. The molecule has 162 valence electrons. The van der Waals surface area contributed by atoms with E-state index < -0.39 is 5.91 Å². The lowest BCUT2D eigenvalue weighted by molar-refractivity contribution is 0.0950. The summed E-state index contributed by atoms with van der Waals surface area (Å²) in [5.74, 6) is 1.62. The van der Waals surface area contributed by atoms with Gasteiger partial charge < -0.3 is 14.2 Å². The maximum absolute atomic E-state index is 12.3. The monoisotopic (exact) mass is 422 g/mol. The molecular formula is C23H26N4O4. The molecule has 1 aromatic heterocycles. The fraction of sp³-hybridized carbons (Fsp3) is 0.261. The Morgan fingerprint density at radius 3 is 2.58 bits per heavy atom. The van der Waals surface area contributed by atoms with Crippen molar-refractivity contribution in [3.8, 4) is 28.5 Å². The van der Waals surface area contributed by atoms with Crippen LogP contribution < -0.4 is 19.6 Å². The van der Waals surface area contributed by atoms with Crippen LogP contribution in [0.25, 0.3) is 11.3 Å². The fourth-order valence-corrected chi connectivity index (χ4v) is 2.80. The number of aromatic nitrogens is 2. The van der Waals surface area contributed by atoms with Crippen molar-refractivity contribution in [2.75, 3.05) is 20.8 Å². The van der Waals surface area contributed by atoms with Crippen molar-refractivity contribution in [2.24, 2.45) is 5.10 Å². The van der Waals surface area contributed by atoms with Gasteiger partial charge in [-0.3, -0.25) is 9.89 Å². The van der Waals surface area contributed by atoms with Crippen molar-refractivity contribution in [1.82, 2.24) is 15.6 Å². The highest BCUT2D eigenvalue weighted by Crippen LogP contribution is 2.27. The Morgan fingerprint density at radius 1 is 1.10 bits per heavy atom. The minimum absolute atomic E-state index is 0.308. The number of benzene rings is 2. The molecule has 0 spiro atoms. The molecule has 1 amide bonds. The van der Waals surface area contributed by atoms with Crippen molar-refractivity contribution in [3.05, 3.63) is 59.8 Å². The average Bonchev–Trinajstić information content (AvgIpc) is 3.30. The predicted octanol–water partition coefficient (Wildman–Crippen LogP) is 4.04. The van der Waals surface area contributed by atoms with Gasteiger partial charge in [0.25, 0.3) is 5.91 Å². The zero-order chi connectivity index (χ0) is 22.1. The molecule has 0 radical (unpaired) electrons. The summed E-state index contributed by atoms with van der Waals surface area (Å²) in [6, 6.07) is 14.6. The molecule has 0 aliphatic rings. The van der Waals surface area contributed by atoms with Crippen LogP contribution in [-0.2, 0) is 0 Å². The standard InChI is InChI=1S/C23H26N4O4/c1-4-5-12-31-18-9-7-17(8-10-18)19-14-20(26-25-19)23(28)27-24-15-16-6-11-21(29-2)22(13-16)30-3/h6-11,13-15H,4-5,12H2,1-3H3,(H,25,26)(H,27,28). The molecule has 1 heterocycles. The number of aromatic amines is 1.